The van der Waals surface area contributed by atoms with Gasteiger partial charge >= 0.3 is 0 Å². The Morgan fingerprint density at radius 1 is 1.00 bits per heavy atom. The maximum absolute atomic E-state index is 14.1. The molecule has 3 aromatic rings. The number of alkyl halides is 1. The average Bonchev–Trinajstić information content (AvgIpc) is 3.28. The molecule has 1 aliphatic heterocycles. The Kier molecular flexibility index (Phi) is 7.34. The third kappa shape index (κ3) is 6.15. The maximum atomic E-state index is 14.1. The Morgan fingerprint density at radius 3 is 2.30 bits per heavy atom. The summed E-state index contributed by atoms with van der Waals surface area (Å²) in [4.78, 5) is 43.5. The number of hydrogen-bond donors (Lipinski definition) is 2. The molecule has 1 aromatic carbocycles. The molecule has 4 rings (SSSR count). The topological polar surface area (TPSA) is 96.3 Å². The second-order valence-electron chi connectivity index (χ2n) is 10.8. The van der Waals surface area contributed by atoms with Crippen molar-refractivity contribution in [2.45, 2.75) is 46.2 Å². The van der Waals surface area contributed by atoms with Crippen LogP contribution in [0.5, 0.6) is 0 Å². The maximum Gasteiger partial charge on any atom is 0.255 e. The van der Waals surface area contributed by atoms with E-state index in [1.807, 2.05) is 55.8 Å². The van der Waals surface area contributed by atoms with Crippen molar-refractivity contribution in [2.75, 3.05) is 26.2 Å². The lowest BCUT2D eigenvalue weighted by Crippen LogP contribution is -2.43. The molecule has 1 saturated heterocycles. The molecule has 0 atom stereocenters. The molecule has 0 aliphatic carbocycles. The molecule has 2 N–H and O–H groups in total. The molecule has 0 unspecified atom stereocenters. The minimum absolute atomic E-state index is 0.0639. The van der Waals surface area contributed by atoms with Crippen molar-refractivity contribution in [3.63, 3.8) is 0 Å². The molecule has 2 aromatic heterocycles. The summed E-state index contributed by atoms with van der Waals surface area (Å²) in [7, 11) is 0. The van der Waals surface area contributed by atoms with Crippen molar-refractivity contribution in [1.82, 2.24) is 25.1 Å². The molecule has 37 heavy (non-hydrogen) atoms. The van der Waals surface area contributed by atoms with Crippen LogP contribution in [0.3, 0.4) is 0 Å². The first-order valence-corrected chi connectivity index (χ1v) is 12.6. The van der Waals surface area contributed by atoms with Gasteiger partial charge in [-0.15, -0.1) is 0 Å². The van der Waals surface area contributed by atoms with Crippen LogP contribution in [-0.2, 0) is 4.79 Å². The largest absolute Gasteiger partial charge is 0.354 e. The zero-order valence-corrected chi connectivity index (χ0v) is 21.8. The van der Waals surface area contributed by atoms with E-state index in [2.05, 4.69) is 15.6 Å². The summed E-state index contributed by atoms with van der Waals surface area (Å²) in [6.07, 6.45) is 4.11. The number of amides is 3. The van der Waals surface area contributed by atoms with Gasteiger partial charge in [0.25, 0.3) is 11.8 Å². The lowest BCUT2D eigenvalue weighted by molar-refractivity contribution is -0.128. The lowest BCUT2D eigenvalue weighted by atomic mass is 9.95. The van der Waals surface area contributed by atoms with Gasteiger partial charge in [0, 0.05) is 60.6 Å². The van der Waals surface area contributed by atoms with Gasteiger partial charge in [-0.1, -0.05) is 20.8 Å². The molecule has 1 aliphatic rings. The molecule has 9 heteroatoms. The van der Waals surface area contributed by atoms with E-state index in [0.29, 0.717) is 55.8 Å². The van der Waals surface area contributed by atoms with Gasteiger partial charge < -0.3 is 20.1 Å². The van der Waals surface area contributed by atoms with Gasteiger partial charge in [-0.3, -0.25) is 14.4 Å². The number of nitrogens with zero attached hydrogens (tertiary/aromatic N) is 3. The molecule has 3 heterocycles. The van der Waals surface area contributed by atoms with Crippen molar-refractivity contribution in [1.29, 1.82) is 0 Å². The van der Waals surface area contributed by atoms with Crippen LogP contribution in [0.15, 0.2) is 48.8 Å². The summed E-state index contributed by atoms with van der Waals surface area (Å²) in [5.74, 6) is -0.419. The Balaban J connectivity index is 1.38. The van der Waals surface area contributed by atoms with E-state index in [1.54, 1.807) is 30.2 Å². The zero-order valence-electron chi connectivity index (χ0n) is 21.8. The first-order chi connectivity index (χ1) is 17.4. The number of likely N-dealkylation sites (tertiary alicyclic amines) is 1. The molecule has 0 radical (unpaired) electrons. The van der Waals surface area contributed by atoms with E-state index in [4.69, 9.17) is 0 Å². The molecule has 196 valence electrons. The number of aromatic nitrogens is 2. The van der Waals surface area contributed by atoms with E-state index < -0.39 is 11.1 Å². The van der Waals surface area contributed by atoms with Crippen molar-refractivity contribution < 1.29 is 18.8 Å². The Hall–Kier alpha value is -3.75. The number of hydrogen-bond acceptors (Lipinski definition) is 4. The number of fused-ring (bicyclic) bond motifs is 1. The summed E-state index contributed by atoms with van der Waals surface area (Å²) < 4.78 is 16.0. The Bertz CT molecular complexity index is 1300. The number of halogens is 1. The first-order valence-electron chi connectivity index (χ1n) is 12.6. The quantitative estimate of drug-likeness (QED) is 0.495. The summed E-state index contributed by atoms with van der Waals surface area (Å²) in [5, 5.41) is 6.43. The standard InChI is InChI=1S/C28H34FN5O3/c1-27(2,3)26(37)31-13-12-30-24(35)19-5-7-22(8-6-19)34-14-9-20-17-21(18-32-23(20)34)25(36)33-15-10-28(4,29)11-16-33/h5-9,14,17-18H,10-13,15-16H2,1-4H3,(H,30,35)(H,31,37). The second kappa shape index (κ2) is 10.3. The molecule has 3 amide bonds. The molecule has 0 saturated carbocycles. The average molecular weight is 508 g/mol. The van der Waals surface area contributed by atoms with Gasteiger partial charge in [0.15, 0.2) is 0 Å². The number of pyridine rings is 1. The van der Waals surface area contributed by atoms with Crippen LogP contribution in [0.4, 0.5) is 4.39 Å². The van der Waals surface area contributed by atoms with Gasteiger partial charge in [0.1, 0.15) is 11.3 Å². The fourth-order valence-corrected chi connectivity index (χ4v) is 4.20. The fourth-order valence-electron chi connectivity index (χ4n) is 4.20. The number of rotatable bonds is 6. The third-order valence-electron chi connectivity index (χ3n) is 6.65. The van der Waals surface area contributed by atoms with Crippen LogP contribution >= 0.6 is 0 Å². The van der Waals surface area contributed by atoms with Crippen LogP contribution in [0.2, 0.25) is 0 Å². The lowest BCUT2D eigenvalue weighted by Gasteiger charge is -2.34. The highest BCUT2D eigenvalue weighted by Crippen LogP contribution is 2.27. The van der Waals surface area contributed by atoms with Crippen LogP contribution < -0.4 is 10.6 Å². The number of nitrogens with one attached hydrogen (secondary N) is 2. The predicted octanol–water partition coefficient (Wildman–Crippen LogP) is 3.88. The van der Waals surface area contributed by atoms with Gasteiger partial charge in [-0.25, -0.2) is 9.37 Å². The molecular weight excluding hydrogens is 473 g/mol. The highest BCUT2D eigenvalue weighted by molar-refractivity contribution is 5.97. The van der Waals surface area contributed by atoms with Crippen LogP contribution in [-0.4, -0.2) is 64.0 Å². The molecule has 1 fully saturated rings. The smallest absolute Gasteiger partial charge is 0.255 e. The van der Waals surface area contributed by atoms with E-state index >= 15 is 0 Å². The summed E-state index contributed by atoms with van der Waals surface area (Å²) in [5.41, 5.74) is 0.830. The van der Waals surface area contributed by atoms with Gasteiger partial charge in [-0.05, 0) is 56.2 Å². The SMILES string of the molecule is CC1(F)CCN(C(=O)c2cnc3c(ccn3-c3ccc(C(=O)NCCNC(=O)C(C)(C)C)cc3)c2)CC1. The summed E-state index contributed by atoms with van der Waals surface area (Å²) >= 11 is 0. The molecule has 0 spiro atoms. The van der Waals surface area contributed by atoms with Gasteiger partial charge in [0.05, 0.1) is 5.56 Å². The summed E-state index contributed by atoms with van der Waals surface area (Å²) in [6.45, 7) is 8.58. The highest BCUT2D eigenvalue weighted by Gasteiger charge is 2.32. The summed E-state index contributed by atoms with van der Waals surface area (Å²) in [6, 6.07) is 10.8. The van der Waals surface area contributed by atoms with Crippen molar-refractivity contribution in [2.24, 2.45) is 5.41 Å². The number of carbonyl (C=O) groups is 3. The zero-order chi connectivity index (χ0) is 26.8. The number of benzene rings is 1. The minimum atomic E-state index is -1.21. The molecule has 8 nitrogen and oxygen atoms in total. The fraction of sp³-hybridized carbons (Fsp3) is 0.429. The van der Waals surface area contributed by atoms with Crippen LogP contribution in [0.25, 0.3) is 16.7 Å². The predicted molar refractivity (Wildman–Crippen MR) is 141 cm³/mol. The monoisotopic (exact) mass is 507 g/mol. The Morgan fingerprint density at radius 2 is 1.65 bits per heavy atom. The van der Waals surface area contributed by atoms with Crippen molar-refractivity contribution in [3.8, 4) is 5.69 Å². The molecular formula is C28H34FN5O3. The molecule has 0 bridgehead atoms. The van der Waals surface area contributed by atoms with E-state index in [9.17, 15) is 18.8 Å². The number of carbonyl (C=O) groups excluding carboxylic acids is 3. The highest BCUT2D eigenvalue weighted by atomic mass is 19.1. The van der Waals surface area contributed by atoms with E-state index in [1.165, 1.54) is 0 Å². The van der Waals surface area contributed by atoms with Gasteiger partial charge in [-0.2, -0.15) is 0 Å². The van der Waals surface area contributed by atoms with Crippen LogP contribution in [0, 0.1) is 5.41 Å². The normalized spacial score (nSPS) is 15.4. The van der Waals surface area contributed by atoms with Crippen LogP contribution in [0.1, 0.15) is 61.3 Å². The minimum Gasteiger partial charge on any atom is -0.354 e. The third-order valence-corrected chi connectivity index (χ3v) is 6.65. The second-order valence-corrected chi connectivity index (χ2v) is 10.8. The van der Waals surface area contributed by atoms with E-state index in [0.717, 1.165) is 11.1 Å². The van der Waals surface area contributed by atoms with E-state index in [-0.39, 0.29) is 17.7 Å². The van der Waals surface area contributed by atoms with Gasteiger partial charge in [0.2, 0.25) is 5.91 Å². The van der Waals surface area contributed by atoms with Crippen molar-refractivity contribution in [3.05, 3.63) is 59.9 Å². The van der Waals surface area contributed by atoms with Crippen molar-refractivity contribution >= 4 is 28.8 Å². The Labute approximate surface area is 216 Å². The number of piperidine rings is 1. The first kappa shape index (κ1) is 26.3.